The molecule has 2 rings (SSSR count). The Bertz CT molecular complexity index is 402. The Balaban J connectivity index is 2.08. The second kappa shape index (κ2) is 4.45. The molecule has 17 heavy (non-hydrogen) atoms. The molecule has 1 amide bonds. The van der Waals surface area contributed by atoms with Gasteiger partial charge >= 0.3 is 0 Å². The van der Waals surface area contributed by atoms with Crippen molar-refractivity contribution in [2.75, 3.05) is 13.1 Å². The normalized spacial score (nSPS) is 23.5. The van der Waals surface area contributed by atoms with Crippen molar-refractivity contribution >= 4 is 5.91 Å². The lowest BCUT2D eigenvalue weighted by Gasteiger charge is -2.42. The van der Waals surface area contributed by atoms with E-state index >= 15 is 0 Å². The highest BCUT2D eigenvalue weighted by Crippen LogP contribution is 2.29. The van der Waals surface area contributed by atoms with Gasteiger partial charge in [0.15, 0.2) is 0 Å². The highest BCUT2D eigenvalue weighted by atomic mass is 16.2. The fourth-order valence-electron chi connectivity index (χ4n) is 2.04. The van der Waals surface area contributed by atoms with Crippen LogP contribution in [0, 0.1) is 5.41 Å². The third-order valence-electron chi connectivity index (χ3n) is 3.64. The van der Waals surface area contributed by atoms with Crippen LogP contribution in [0.2, 0.25) is 0 Å². The molecule has 0 bridgehead atoms. The molecule has 1 fully saturated rings. The van der Waals surface area contributed by atoms with Gasteiger partial charge in [0, 0.05) is 31.5 Å². The predicted molar refractivity (Wildman–Crippen MR) is 66.5 cm³/mol. The quantitative estimate of drug-likeness (QED) is 0.795. The zero-order valence-electron chi connectivity index (χ0n) is 10.4. The summed E-state index contributed by atoms with van der Waals surface area (Å²) < 4.78 is 0. The molecule has 1 aliphatic heterocycles. The van der Waals surface area contributed by atoms with Crippen LogP contribution in [-0.4, -0.2) is 34.9 Å². The lowest BCUT2D eigenvalue weighted by molar-refractivity contribution is 0.0575. The van der Waals surface area contributed by atoms with Crippen molar-refractivity contribution in [2.45, 2.75) is 26.3 Å². The van der Waals surface area contributed by atoms with Gasteiger partial charge in [-0.05, 0) is 24.0 Å². The van der Waals surface area contributed by atoms with E-state index in [2.05, 4.69) is 18.8 Å². The maximum Gasteiger partial charge on any atom is 0.255 e. The van der Waals surface area contributed by atoms with Gasteiger partial charge in [0.25, 0.3) is 5.91 Å². The number of nitrogens with two attached hydrogens (primary N) is 1. The molecule has 1 aliphatic rings. The molecule has 0 radical (unpaired) electrons. The zero-order chi connectivity index (χ0) is 12.5. The lowest BCUT2D eigenvalue weighted by Crippen LogP contribution is -2.54. The van der Waals surface area contributed by atoms with Crippen molar-refractivity contribution in [3.8, 4) is 0 Å². The molecule has 1 saturated heterocycles. The Morgan fingerprint density at radius 2 is 2.35 bits per heavy atom. The average Bonchev–Trinajstić information content (AvgIpc) is 2.33. The van der Waals surface area contributed by atoms with E-state index in [0.717, 1.165) is 13.0 Å². The van der Waals surface area contributed by atoms with Crippen LogP contribution in [0.15, 0.2) is 24.5 Å². The molecule has 0 saturated carbocycles. The monoisotopic (exact) mass is 233 g/mol. The summed E-state index contributed by atoms with van der Waals surface area (Å²) in [4.78, 5) is 18.0. The van der Waals surface area contributed by atoms with Gasteiger partial charge in [0.1, 0.15) is 0 Å². The van der Waals surface area contributed by atoms with E-state index in [1.165, 1.54) is 0 Å². The number of likely N-dealkylation sites (tertiary alicyclic amines) is 1. The van der Waals surface area contributed by atoms with Crippen LogP contribution in [0.5, 0.6) is 0 Å². The topological polar surface area (TPSA) is 59.2 Å². The lowest BCUT2D eigenvalue weighted by atomic mass is 9.78. The molecule has 1 aromatic rings. The molecule has 4 heteroatoms. The molecule has 2 heterocycles. The van der Waals surface area contributed by atoms with Crippen LogP contribution in [0.4, 0.5) is 0 Å². The van der Waals surface area contributed by atoms with Crippen molar-refractivity contribution < 1.29 is 4.79 Å². The molecule has 0 aromatic carbocycles. The van der Waals surface area contributed by atoms with E-state index in [1.54, 1.807) is 24.5 Å². The van der Waals surface area contributed by atoms with Crippen molar-refractivity contribution in [3.63, 3.8) is 0 Å². The van der Waals surface area contributed by atoms with Crippen molar-refractivity contribution in [2.24, 2.45) is 11.1 Å². The molecular weight excluding hydrogens is 214 g/mol. The van der Waals surface area contributed by atoms with Gasteiger partial charge in [-0.1, -0.05) is 13.8 Å². The van der Waals surface area contributed by atoms with Crippen LogP contribution in [-0.2, 0) is 0 Å². The Morgan fingerprint density at radius 3 is 2.94 bits per heavy atom. The largest absolute Gasteiger partial charge is 0.337 e. The van der Waals surface area contributed by atoms with Crippen molar-refractivity contribution in [1.82, 2.24) is 9.88 Å². The summed E-state index contributed by atoms with van der Waals surface area (Å²) in [6.45, 7) is 5.71. The number of pyridine rings is 1. The summed E-state index contributed by atoms with van der Waals surface area (Å²) in [5.41, 5.74) is 6.86. The van der Waals surface area contributed by atoms with Gasteiger partial charge in [-0.25, -0.2) is 0 Å². The maximum atomic E-state index is 12.2. The van der Waals surface area contributed by atoms with E-state index in [4.69, 9.17) is 5.73 Å². The number of aromatic nitrogens is 1. The van der Waals surface area contributed by atoms with E-state index < -0.39 is 0 Å². The minimum Gasteiger partial charge on any atom is -0.337 e. The van der Waals surface area contributed by atoms with Crippen LogP contribution < -0.4 is 5.73 Å². The third kappa shape index (κ3) is 2.47. The summed E-state index contributed by atoms with van der Waals surface area (Å²) in [5, 5.41) is 0. The minimum absolute atomic E-state index is 0.0315. The van der Waals surface area contributed by atoms with Gasteiger partial charge in [0.05, 0.1) is 5.56 Å². The van der Waals surface area contributed by atoms with Gasteiger partial charge in [-0.15, -0.1) is 0 Å². The fraction of sp³-hybridized carbons (Fsp3) is 0.538. The molecule has 1 unspecified atom stereocenters. The Labute approximate surface area is 102 Å². The molecule has 4 nitrogen and oxygen atoms in total. The van der Waals surface area contributed by atoms with Crippen LogP contribution in [0.3, 0.4) is 0 Å². The van der Waals surface area contributed by atoms with E-state index in [0.29, 0.717) is 12.1 Å². The number of hydrogen-bond donors (Lipinski definition) is 1. The Kier molecular flexibility index (Phi) is 3.15. The van der Waals surface area contributed by atoms with Gasteiger partial charge in [-0.3, -0.25) is 9.78 Å². The predicted octanol–water partition coefficient (Wildman–Crippen LogP) is 1.28. The summed E-state index contributed by atoms with van der Waals surface area (Å²) in [7, 11) is 0. The first-order chi connectivity index (χ1) is 8.00. The van der Waals surface area contributed by atoms with Gasteiger partial charge < -0.3 is 10.6 Å². The minimum atomic E-state index is 0.0315. The first kappa shape index (κ1) is 12.0. The highest BCUT2D eigenvalue weighted by molar-refractivity contribution is 5.93. The molecular formula is C13H19N3O. The summed E-state index contributed by atoms with van der Waals surface area (Å²) in [5.74, 6) is 0.0315. The molecule has 92 valence electrons. The van der Waals surface area contributed by atoms with Crippen molar-refractivity contribution in [3.05, 3.63) is 30.1 Å². The first-order valence-corrected chi connectivity index (χ1v) is 5.95. The summed E-state index contributed by atoms with van der Waals surface area (Å²) >= 11 is 0. The summed E-state index contributed by atoms with van der Waals surface area (Å²) in [6.07, 6.45) is 4.22. The number of amides is 1. The van der Waals surface area contributed by atoms with Crippen LogP contribution in [0.1, 0.15) is 30.6 Å². The van der Waals surface area contributed by atoms with E-state index in [9.17, 15) is 4.79 Å². The SMILES string of the molecule is CC1(C)CCN(C(=O)c2cccnc2)CC1N. The highest BCUT2D eigenvalue weighted by Gasteiger charge is 2.34. The molecule has 1 atom stereocenters. The van der Waals surface area contributed by atoms with Crippen LogP contribution in [0.25, 0.3) is 0 Å². The van der Waals surface area contributed by atoms with Gasteiger partial charge in [-0.2, -0.15) is 0 Å². The van der Waals surface area contributed by atoms with E-state index in [-0.39, 0.29) is 17.4 Å². The number of nitrogens with zero attached hydrogens (tertiary/aromatic N) is 2. The Hall–Kier alpha value is -1.42. The number of piperidine rings is 1. The number of carbonyl (C=O) groups excluding carboxylic acids is 1. The average molecular weight is 233 g/mol. The Morgan fingerprint density at radius 1 is 1.59 bits per heavy atom. The summed E-state index contributed by atoms with van der Waals surface area (Å²) in [6, 6.07) is 3.61. The fourth-order valence-corrected chi connectivity index (χ4v) is 2.04. The maximum absolute atomic E-state index is 12.2. The first-order valence-electron chi connectivity index (χ1n) is 5.95. The molecule has 0 aliphatic carbocycles. The van der Waals surface area contributed by atoms with Crippen LogP contribution >= 0.6 is 0 Å². The number of hydrogen-bond acceptors (Lipinski definition) is 3. The van der Waals surface area contributed by atoms with E-state index in [1.807, 2.05) is 4.90 Å². The smallest absolute Gasteiger partial charge is 0.255 e. The third-order valence-corrected chi connectivity index (χ3v) is 3.64. The molecule has 1 aromatic heterocycles. The van der Waals surface area contributed by atoms with Gasteiger partial charge in [0.2, 0.25) is 0 Å². The number of carbonyl (C=O) groups is 1. The zero-order valence-corrected chi connectivity index (χ0v) is 10.4. The standard InChI is InChI=1S/C13H19N3O/c1-13(2)5-7-16(9-11(13)14)12(17)10-4-3-6-15-8-10/h3-4,6,8,11H,5,7,9,14H2,1-2H3. The van der Waals surface area contributed by atoms with Crippen molar-refractivity contribution in [1.29, 1.82) is 0 Å². The second-order valence-electron chi connectivity index (χ2n) is 5.34. The molecule has 0 spiro atoms. The molecule has 2 N–H and O–H groups in total. The second-order valence-corrected chi connectivity index (χ2v) is 5.34. The number of rotatable bonds is 1.